The fraction of sp³-hybridized carbons (Fsp3) is 0.600. The molecule has 1 amide bonds. The molecule has 0 radical (unpaired) electrons. The lowest BCUT2D eigenvalue weighted by Crippen LogP contribution is -2.50. The summed E-state index contributed by atoms with van der Waals surface area (Å²) in [6.45, 7) is 7.38. The maximum absolute atomic E-state index is 12.7. The van der Waals surface area contributed by atoms with Gasteiger partial charge in [0.05, 0.1) is 18.8 Å². The first-order chi connectivity index (χ1) is 10.3. The van der Waals surface area contributed by atoms with Crippen LogP contribution < -0.4 is 10.2 Å². The highest BCUT2D eigenvalue weighted by Gasteiger charge is 2.25. The van der Waals surface area contributed by atoms with Crippen LogP contribution in [0.5, 0.6) is 0 Å². The van der Waals surface area contributed by atoms with E-state index in [0.29, 0.717) is 37.9 Å². The summed E-state index contributed by atoms with van der Waals surface area (Å²) >= 11 is 0. The Morgan fingerprint density at radius 3 is 2.95 bits per heavy atom. The molecule has 3 heterocycles. The number of ether oxygens (including phenoxy) is 1. The van der Waals surface area contributed by atoms with Gasteiger partial charge in [0, 0.05) is 45.0 Å². The highest BCUT2D eigenvalue weighted by Crippen LogP contribution is 2.21. The lowest BCUT2D eigenvalue weighted by Gasteiger charge is -2.34. The van der Waals surface area contributed by atoms with Gasteiger partial charge in [0.15, 0.2) is 0 Å². The zero-order chi connectivity index (χ0) is 14.7. The van der Waals surface area contributed by atoms with Crippen LogP contribution in [0, 0.1) is 0 Å². The summed E-state index contributed by atoms with van der Waals surface area (Å²) in [4.78, 5) is 21.3. The first-order valence-electron chi connectivity index (χ1n) is 7.56. The normalized spacial score (nSPS) is 23.2. The third kappa shape index (κ3) is 3.16. The summed E-state index contributed by atoms with van der Waals surface area (Å²) in [7, 11) is 0. The lowest BCUT2D eigenvalue weighted by molar-refractivity contribution is 0.0303. The highest BCUT2D eigenvalue weighted by molar-refractivity contribution is 5.99. The zero-order valence-corrected chi connectivity index (χ0v) is 12.4. The van der Waals surface area contributed by atoms with Gasteiger partial charge in [-0.3, -0.25) is 4.79 Å². The molecular weight excluding hydrogens is 268 g/mol. The number of morpholine rings is 1. The third-order valence-corrected chi connectivity index (χ3v) is 3.98. The minimum atomic E-state index is 0.0626. The van der Waals surface area contributed by atoms with Crippen molar-refractivity contribution in [3.8, 4) is 0 Å². The molecule has 1 aromatic rings. The van der Waals surface area contributed by atoms with Crippen LogP contribution in [0.25, 0.3) is 0 Å². The van der Waals surface area contributed by atoms with Crippen LogP contribution in [-0.2, 0) is 4.74 Å². The molecule has 2 saturated heterocycles. The number of hydrogen-bond donors (Lipinski definition) is 1. The first-order valence-corrected chi connectivity index (χ1v) is 7.56. The van der Waals surface area contributed by atoms with Crippen molar-refractivity contribution >= 4 is 11.7 Å². The summed E-state index contributed by atoms with van der Waals surface area (Å²) in [5.74, 6) is 0.870. The zero-order valence-electron chi connectivity index (χ0n) is 12.4. The molecule has 0 aliphatic carbocycles. The van der Waals surface area contributed by atoms with Gasteiger partial charge in [-0.05, 0) is 19.1 Å². The molecule has 1 aromatic heterocycles. The maximum atomic E-state index is 12.7. The topological polar surface area (TPSA) is 57.7 Å². The summed E-state index contributed by atoms with van der Waals surface area (Å²) in [6, 6.07) is 4.13. The van der Waals surface area contributed by atoms with Crippen LogP contribution >= 0.6 is 0 Å². The Morgan fingerprint density at radius 2 is 2.19 bits per heavy atom. The van der Waals surface area contributed by atoms with E-state index in [1.807, 2.05) is 17.0 Å². The van der Waals surface area contributed by atoms with E-state index in [1.54, 1.807) is 6.20 Å². The van der Waals surface area contributed by atoms with Crippen LogP contribution in [0.2, 0.25) is 0 Å². The Bertz CT molecular complexity index is 502. The molecule has 1 atom stereocenters. The number of anilines is 1. The second kappa shape index (κ2) is 6.41. The molecule has 0 bridgehead atoms. The Kier molecular flexibility index (Phi) is 4.36. The third-order valence-electron chi connectivity index (χ3n) is 3.98. The van der Waals surface area contributed by atoms with Crippen molar-refractivity contribution in [1.29, 1.82) is 0 Å². The van der Waals surface area contributed by atoms with Crippen molar-refractivity contribution in [3.63, 3.8) is 0 Å². The van der Waals surface area contributed by atoms with E-state index in [-0.39, 0.29) is 5.91 Å². The minimum Gasteiger partial charge on any atom is -0.378 e. The molecule has 2 aliphatic rings. The van der Waals surface area contributed by atoms with Crippen molar-refractivity contribution in [3.05, 3.63) is 23.9 Å². The number of carbonyl (C=O) groups is 1. The number of rotatable bonds is 2. The second-order valence-electron chi connectivity index (χ2n) is 5.58. The summed E-state index contributed by atoms with van der Waals surface area (Å²) in [6.07, 6.45) is 1.76. The van der Waals surface area contributed by atoms with Crippen LogP contribution in [-0.4, -0.2) is 67.8 Å². The predicted octanol–water partition coefficient (Wildman–Crippen LogP) is 0.352. The summed E-state index contributed by atoms with van der Waals surface area (Å²) in [5, 5.41) is 3.41. The van der Waals surface area contributed by atoms with Crippen molar-refractivity contribution < 1.29 is 9.53 Å². The van der Waals surface area contributed by atoms with Crippen LogP contribution in [0.3, 0.4) is 0 Å². The number of pyridine rings is 1. The van der Waals surface area contributed by atoms with Crippen molar-refractivity contribution in [2.45, 2.75) is 13.0 Å². The molecule has 0 unspecified atom stereocenters. The van der Waals surface area contributed by atoms with E-state index in [9.17, 15) is 4.79 Å². The summed E-state index contributed by atoms with van der Waals surface area (Å²) in [5.41, 5.74) is 0.702. The van der Waals surface area contributed by atoms with Crippen molar-refractivity contribution in [2.24, 2.45) is 0 Å². The number of hydrogen-bond acceptors (Lipinski definition) is 5. The Morgan fingerprint density at radius 1 is 1.38 bits per heavy atom. The van der Waals surface area contributed by atoms with Gasteiger partial charge < -0.3 is 19.9 Å². The number of nitrogens with zero attached hydrogens (tertiary/aromatic N) is 3. The van der Waals surface area contributed by atoms with Gasteiger partial charge in [-0.1, -0.05) is 0 Å². The Labute approximate surface area is 125 Å². The Hall–Kier alpha value is -1.66. The van der Waals surface area contributed by atoms with Gasteiger partial charge in [-0.2, -0.15) is 0 Å². The molecule has 6 heteroatoms. The average molecular weight is 290 g/mol. The molecule has 2 fully saturated rings. The number of carbonyl (C=O) groups excluding carboxylic acids is 1. The van der Waals surface area contributed by atoms with Gasteiger partial charge in [-0.15, -0.1) is 0 Å². The first kappa shape index (κ1) is 14.3. The maximum Gasteiger partial charge on any atom is 0.257 e. The van der Waals surface area contributed by atoms with Crippen LogP contribution in [0.4, 0.5) is 5.82 Å². The van der Waals surface area contributed by atoms with Gasteiger partial charge in [0.1, 0.15) is 5.82 Å². The predicted molar refractivity (Wildman–Crippen MR) is 80.6 cm³/mol. The molecule has 0 aromatic carbocycles. The highest BCUT2D eigenvalue weighted by atomic mass is 16.5. The molecule has 0 saturated carbocycles. The van der Waals surface area contributed by atoms with Gasteiger partial charge in [0.2, 0.25) is 0 Å². The molecule has 3 rings (SSSR count). The molecule has 21 heavy (non-hydrogen) atoms. The van der Waals surface area contributed by atoms with E-state index >= 15 is 0 Å². The molecule has 2 aliphatic heterocycles. The molecular formula is C15H22N4O2. The van der Waals surface area contributed by atoms with Crippen LogP contribution in [0.1, 0.15) is 17.3 Å². The standard InChI is InChI=1S/C15H22N4O2/c1-12-11-19(6-5-16-12)14-13(3-2-4-17-14)15(20)18-7-9-21-10-8-18/h2-4,12,16H,5-11H2,1H3/t12-/m1/s1. The average Bonchev–Trinajstić information content (AvgIpc) is 2.55. The van der Waals surface area contributed by atoms with Gasteiger partial charge >= 0.3 is 0 Å². The van der Waals surface area contributed by atoms with E-state index < -0.39 is 0 Å². The molecule has 0 spiro atoms. The number of aromatic nitrogens is 1. The van der Waals surface area contributed by atoms with Crippen molar-refractivity contribution in [1.82, 2.24) is 15.2 Å². The monoisotopic (exact) mass is 290 g/mol. The quantitative estimate of drug-likeness (QED) is 0.852. The van der Waals surface area contributed by atoms with E-state index in [1.165, 1.54) is 0 Å². The number of piperazine rings is 1. The van der Waals surface area contributed by atoms with E-state index in [4.69, 9.17) is 4.74 Å². The summed E-state index contributed by atoms with van der Waals surface area (Å²) < 4.78 is 5.32. The lowest BCUT2D eigenvalue weighted by atomic mass is 10.1. The van der Waals surface area contributed by atoms with Gasteiger partial charge in [0.25, 0.3) is 5.91 Å². The minimum absolute atomic E-state index is 0.0626. The van der Waals surface area contributed by atoms with Crippen molar-refractivity contribution in [2.75, 3.05) is 50.8 Å². The largest absolute Gasteiger partial charge is 0.378 e. The molecule has 1 N–H and O–H groups in total. The SMILES string of the molecule is C[C@@H]1CN(c2ncccc2C(=O)N2CCOCC2)CCN1. The fourth-order valence-corrected chi connectivity index (χ4v) is 2.88. The molecule has 114 valence electrons. The second-order valence-corrected chi connectivity index (χ2v) is 5.58. The number of amides is 1. The number of nitrogens with one attached hydrogen (secondary N) is 1. The van der Waals surface area contributed by atoms with E-state index in [2.05, 4.69) is 22.1 Å². The van der Waals surface area contributed by atoms with Crippen LogP contribution in [0.15, 0.2) is 18.3 Å². The van der Waals surface area contributed by atoms with E-state index in [0.717, 1.165) is 25.5 Å². The van der Waals surface area contributed by atoms with Gasteiger partial charge in [-0.25, -0.2) is 4.98 Å². The molecule has 6 nitrogen and oxygen atoms in total. The Balaban J connectivity index is 1.83. The fourth-order valence-electron chi connectivity index (χ4n) is 2.88. The smallest absolute Gasteiger partial charge is 0.257 e.